The van der Waals surface area contributed by atoms with E-state index in [4.69, 9.17) is 4.74 Å². The van der Waals surface area contributed by atoms with Crippen LogP contribution in [0.1, 0.15) is 30.6 Å². The third-order valence-corrected chi connectivity index (χ3v) is 3.17. The number of ether oxygens (including phenoxy) is 1. The first kappa shape index (κ1) is 11.9. The van der Waals surface area contributed by atoms with Gasteiger partial charge in [0.15, 0.2) is 0 Å². The molecule has 1 aliphatic rings. The van der Waals surface area contributed by atoms with Gasteiger partial charge in [0.2, 0.25) is 0 Å². The Morgan fingerprint density at radius 1 is 1.53 bits per heavy atom. The molecule has 0 unspecified atom stereocenters. The first-order valence-corrected chi connectivity index (χ1v) is 5.81. The molecule has 1 aromatic rings. The monoisotopic (exact) mass is 234 g/mol. The Kier molecular flexibility index (Phi) is 3.05. The van der Waals surface area contributed by atoms with Gasteiger partial charge < -0.3 is 9.64 Å². The Bertz CT molecular complexity index is 429. The van der Waals surface area contributed by atoms with Gasteiger partial charge in [-0.05, 0) is 24.0 Å². The van der Waals surface area contributed by atoms with Gasteiger partial charge in [0.25, 0.3) is 0 Å². The molecule has 1 aromatic heterocycles. The minimum atomic E-state index is -0.313. The second kappa shape index (κ2) is 4.35. The second-order valence-electron chi connectivity index (χ2n) is 5.23. The van der Waals surface area contributed by atoms with Gasteiger partial charge in [0.1, 0.15) is 5.82 Å². The fourth-order valence-corrected chi connectivity index (χ4v) is 2.14. The van der Waals surface area contributed by atoms with Crippen molar-refractivity contribution < 1.29 is 9.53 Å². The van der Waals surface area contributed by atoms with E-state index in [-0.39, 0.29) is 5.97 Å². The number of hydrogen-bond donors (Lipinski definition) is 0. The number of carbonyl (C=O) groups is 1. The fourth-order valence-electron chi connectivity index (χ4n) is 2.14. The summed E-state index contributed by atoms with van der Waals surface area (Å²) in [6, 6.07) is 3.48. The summed E-state index contributed by atoms with van der Waals surface area (Å²) < 4.78 is 4.71. The van der Waals surface area contributed by atoms with E-state index in [1.54, 1.807) is 18.3 Å². The summed E-state index contributed by atoms with van der Waals surface area (Å²) in [4.78, 5) is 18.0. The quantitative estimate of drug-likeness (QED) is 0.735. The number of anilines is 1. The first-order valence-electron chi connectivity index (χ1n) is 5.81. The summed E-state index contributed by atoms with van der Waals surface area (Å²) >= 11 is 0. The van der Waals surface area contributed by atoms with Crippen molar-refractivity contribution in [1.82, 2.24) is 4.98 Å². The third-order valence-electron chi connectivity index (χ3n) is 3.17. The molecular formula is C13H18N2O2. The van der Waals surface area contributed by atoms with Crippen molar-refractivity contribution >= 4 is 11.8 Å². The molecule has 1 aliphatic heterocycles. The standard InChI is InChI=1S/C13H18N2O2/c1-13(2)5-7-15(9-13)11-8-10(4-6-14-11)12(16)17-3/h4,6,8H,5,7,9H2,1-3H3. The van der Waals surface area contributed by atoms with Gasteiger partial charge in [-0.1, -0.05) is 13.8 Å². The Hall–Kier alpha value is -1.58. The van der Waals surface area contributed by atoms with E-state index in [2.05, 4.69) is 23.7 Å². The number of nitrogens with zero attached hydrogens (tertiary/aromatic N) is 2. The van der Waals surface area contributed by atoms with Gasteiger partial charge in [0.05, 0.1) is 12.7 Å². The van der Waals surface area contributed by atoms with Gasteiger partial charge in [0, 0.05) is 19.3 Å². The molecule has 0 atom stereocenters. The lowest BCUT2D eigenvalue weighted by molar-refractivity contribution is 0.0600. The van der Waals surface area contributed by atoms with Gasteiger partial charge in [-0.2, -0.15) is 0 Å². The van der Waals surface area contributed by atoms with Crippen LogP contribution in [-0.4, -0.2) is 31.2 Å². The zero-order chi connectivity index (χ0) is 12.5. The fraction of sp³-hybridized carbons (Fsp3) is 0.538. The lowest BCUT2D eigenvalue weighted by Gasteiger charge is -2.20. The van der Waals surface area contributed by atoms with E-state index >= 15 is 0 Å². The largest absolute Gasteiger partial charge is 0.465 e. The number of esters is 1. The van der Waals surface area contributed by atoms with Crippen molar-refractivity contribution in [2.45, 2.75) is 20.3 Å². The number of hydrogen-bond acceptors (Lipinski definition) is 4. The maximum atomic E-state index is 11.4. The SMILES string of the molecule is COC(=O)c1ccnc(N2CCC(C)(C)C2)c1. The van der Waals surface area contributed by atoms with Crippen molar-refractivity contribution in [3.63, 3.8) is 0 Å². The van der Waals surface area contributed by atoms with Crippen LogP contribution in [0.2, 0.25) is 0 Å². The molecule has 0 saturated carbocycles. The van der Waals surface area contributed by atoms with E-state index in [1.807, 2.05) is 0 Å². The number of aromatic nitrogens is 1. The van der Waals surface area contributed by atoms with Crippen LogP contribution < -0.4 is 4.90 Å². The minimum absolute atomic E-state index is 0.313. The first-order chi connectivity index (χ1) is 8.02. The van der Waals surface area contributed by atoms with Crippen LogP contribution >= 0.6 is 0 Å². The summed E-state index contributed by atoms with van der Waals surface area (Å²) in [6.07, 6.45) is 2.81. The van der Waals surface area contributed by atoms with E-state index in [9.17, 15) is 4.79 Å². The van der Waals surface area contributed by atoms with E-state index in [0.717, 1.165) is 25.3 Å². The lowest BCUT2D eigenvalue weighted by atomic mass is 9.93. The average molecular weight is 234 g/mol. The topological polar surface area (TPSA) is 42.4 Å². The van der Waals surface area contributed by atoms with Crippen molar-refractivity contribution in [2.75, 3.05) is 25.1 Å². The molecule has 4 heteroatoms. The van der Waals surface area contributed by atoms with Crippen molar-refractivity contribution in [1.29, 1.82) is 0 Å². The molecule has 0 radical (unpaired) electrons. The molecule has 2 heterocycles. The molecule has 17 heavy (non-hydrogen) atoms. The van der Waals surface area contributed by atoms with Gasteiger partial charge in [-0.25, -0.2) is 9.78 Å². The molecule has 0 spiro atoms. The van der Waals surface area contributed by atoms with E-state index < -0.39 is 0 Å². The lowest BCUT2D eigenvalue weighted by Crippen LogP contribution is -2.23. The summed E-state index contributed by atoms with van der Waals surface area (Å²) in [5.41, 5.74) is 0.880. The molecule has 1 saturated heterocycles. The third kappa shape index (κ3) is 2.57. The van der Waals surface area contributed by atoms with Crippen LogP contribution in [-0.2, 0) is 4.74 Å². The highest BCUT2D eigenvalue weighted by atomic mass is 16.5. The highest BCUT2D eigenvalue weighted by Crippen LogP contribution is 2.31. The zero-order valence-electron chi connectivity index (χ0n) is 10.6. The normalized spacial score (nSPS) is 18.2. The molecular weight excluding hydrogens is 216 g/mol. The number of rotatable bonds is 2. The maximum Gasteiger partial charge on any atom is 0.338 e. The maximum absolute atomic E-state index is 11.4. The van der Waals surface area contributed by atoms with E-state index in [0.29, 0.717) is 11.0 Å². The Morgan fingerprint density at radius 3 is 2.88 bits per heavy atom. The summed E-state index contributed by atoms with van der Waals surface area (Å²) in [6.45, 7) is 6.46. The van der Waals surface area contributed by atoms with Crippen LogP contribution in [0.25, 0.3) is 0 Å². The molecule has 0 aromatic carbocycles. The number of carbonyl (C=O) groups excluding carboxylic acids is 1. The number of pyridine rings is 1. The predicted molar refractivity (Wildman–Crippen MR) is 66.2 cm³/mol. The zero-order valence-corrected chi connectivity index (χ0v) is 10.6. The van der Waals surface area contributed by atoms with Crippen LogP contribution in [0.4, 0.5) is 5.82 Å². The van der Waals surface area contributed by atoms with Crippen LogP contribution in [0.15, 0.2) is 18.3 Å². The molecule has 0 bridgehead atoms. The van der Waals surface area contributed by atoms with Gasteiger partial charge in [-0.15, -0.1) is 0 Å². The molecule has 1 fully saturated rings. The molecule has 0 aliphatic carbocycles. The minimum Gasteiger partial charge on any atom is -0.465 e. The molecule has 0 N–H and O–H groups in total. The number of methoxy groups -OCH3 is 1. The molecule has 2 rings (SSSR count). The van der Waals surface area contributed by atoms with Crippen molar-refractivity contribution in [3.05, 3.63) is 23.9 Å². The highest BCUT2D eigenvalue weighted by molar-refractivity contribution is 5.90. The highest BCUT2D eigenvalue weighted by Gasteiger charge is 2.30. The smallest absolute Gasteiger partial charge is 0.338 e. The van der Waals surface area contributed by atoms with Crippen LogP contribution in [0.3, 0.4) is 0 Å². The predicted octanol–water partition coefficient (Wildman–Crippen LogP) is 2.10. The molecule has 4 nitrogen and oxygen atoms in total. The average Bonchev–Trinajstić information content (AvgIpc) is 2.69. The Balaban J connectivity index is 2.20. The van der Waals surface area contributed by atoms with Crippen molar-refractivity contribution in [3.8, 4) is 0 Å². The Labute approximate surface area is 102 Å². The summed E-state index contributed by atoms with van der Waals surface area (Å²) in [5.74, 6) is 0.547. The molecule has 92 valence electrons. The van der Waals surface area contributed by atoms with Crippen LogP contribution in [0, 0.1) is 5.41 Å². The van der Waals surface area contributed by atoms with E-state index in [1.165, 1.54) is 7.11 Å². The second-order valence-corrected chi connectivity index (χ2v) is 5.23. The van der Waals surface area contributed by atoms with Crippen molar-refractivity contribution in [2.24, 2.45) is 5.41 Å². The van der Waals surface area contributed by atoms with Gasteiger partial charge >= 0.3 is 5.97 Å². The summed E-state index contributed by atoms with van der Waals surface area (Å²) in [7, 11) is 1.39. The summed E-state index contributed by atoms with van der Waals surface area (Å²) in [5, 5.41) is 0. The van der Waals surface area contributed by atoms with Crippen LogP contribution in [0.5, 0.6) is 0 Å². The Morgan fingerprint density at radius 2 is 2.29 bits per heavy atom. The van der Waals surface area contributed by atoms with Gasteiger partial charge in [-0.3, -0.25) is 0 Å². The molecule has 0 amide bonds.